The topological polar surface area (TPSA) is 77.1 Å². The van der Waals surface area contributed by atoms with Crippen molar-refractivity contribution < 1.29 is 4.79 Å². The fourth-order valence-electron chi connectivity index (χ4n) is 2.87. The maximum atomic E-state index is 12.4. The summed E-state index contributed by atoms with van der Waals surface area (Å²) in [6.07, 6.45) is 5.50. The molecule has 2 rings (SSSR count). The molecule has 21 heavy (non-hydrogen) atoms. The van der Waals surface area contributed by atoms with Crippen molar-refractivity contribution in [3.05, 3.63) is 28.7 Å². The summed E-state index contributed by atoms with van der Waals surface area (Å²) in [5, 5.41) is 2.89. The van der Waals surface area contributed by atoms with Crippen molar-refractivity contribution in [1.82, 2.24) is 4.57 Å². The summed E-state index contributed by atoms with van der Waals surface area (Å²) in [7, 11) is 0. The van der Waals surface area contributed by atoms with E-state index in [9.17, 15) is 9.59 Å². The lowest BCUT2D eigenvalue weighted by molar-refractivity contribution is -0.122. The van der Waals surface area contributed by atoms with E-state index in [0.29, 0.717) is 12.2 Å². The smallest absolute Gasteiger partial charge is 0.250 e. The van der Waals surface area contributed by atoms with Gasteiger partial charge in [0, 0.05) is 24.3 Å². The minimum absolute atomic E-state index is 0. The van der Waals surface area contributed by atoms with Crippen molar-refractivity contribution >= 4 is 24.0 Å². The van der Waals surface area contributed by atoms with Crippen molar-refractivity contribution in [1.29, 1.82) is 0 Å². The van der Waals surface area contributed by atoms with Crippen LogP contribution in [0.5, 0.6) is 0 Å². The second-order valence-corrected chi connectivity index (χ2v) is 5.84. The number of rotatable bonds is 3. The van der Waals surface area contributed by atoms with Crippen LogP contribution in [0.2, 0.25) is 0 Å². The number of hydrogen-bond acceptors (Lipinski definition) is 3. The maximum absolute atomic E-state index is 12.4. The average Bonchev–Trinajstić information content (AvgIpc) is 2.40. The van der Waals surface area contributed by atoms with Gasteiger partial charge in [-0.25, -0.2) is 0 Å². The Balaban J connectivity index is 0.00000220. The van der Waals surface area contributed by atoms with Gasteiger partial charge in [0.25, 0.3) is 5.56 Å². The predicted molar refractivity (Wildman–Crippen MR) is 86.8 cm³/mol. The van der Waals surface area contributed by atoms with Crippen LogP contribution in [0.25, 0.3) is 0 Å². The van der Waals surface area contributed by atoms with E-state index < -0.39 is 5.54 Å². The highest BCUT2D eigenvalue weighted by molar-refractivity contribution is 5.93. The van der Waals surface area contributed by atoms with Crippen LogP contribution >= 0.6 is 12.4 Å². The van der Waals surface area contributed by atoms with Crippen LogP contribution in [0.4, 0.5) is 5.69 Å². The van der Waals surface area contributed by atoms with Crippen LogP contribution in [0.15, 0.2) is 23.1 Å². The number of aryl methyl sites for hydroxylation is 1. The lowest BCUT2D eigenvalue weighted by atomic mass is 9.74. The predicted octanol–water partition coefficient (Wildman–Crippen LogP) is 2.14. The Kier molecular flexibility index (Phi) is 5.98. The summed E-state index contributed by atoms with van der Waals surface area (Å²) in [6.45, 7) is 4.43. The third kappa shape index (κ3) is 4.08. The van der Waals surface area contributed by atoms with E-state index in [-0.39, 0.29) is 29.8 Å². The van der Waals surface area contributed by atoms with E-state index in [4.69, 9.17) is 5.73 Å². The van der Waals surface area contributed by atoms with Gasteiger partial charge in [0.1, 0.15) is 0 Å². The number of halogens is 1. The number of nitrogens with two attached hydrogens (primary N) is 1. The fraction of sp³-hybridized carbons (Fsp3) is 0.600. The molecule has 1 aromatic heterocycles. The molecule has 0 radical (unpaired) electrons. The van der Waals surface area contributed by atoms with E-state index in [1.54, 1.807) is 16.8 Å². The molecule has 3 N–H and O–H groups in total. The van der Waals surface area contributed by atoms with Gasteiger partial charge in [0.2, 0.25) is 5.91 Å². The summed E-state index contributed by atoms with van der Waals surface area (Å²) >= 11 is 0. The Hall–Kier alpha value is -1.33. The number of anilines is 1. The van der Waals surface area contributed by atoms with E-state index in [2.05, 4.69) is 5.32 Å². The first-order valence-electron chi connectivity index (χ1n) is 7.24. The molecule has 0 aliphatic heterocycles. The molecule has 1 heterocycles. The molecule has 1 fully saturated rings. The lowest BCUT2D eigenvalue weighted by Crippen LogP contribution is -2.51. The first-order valence-corrected chi connectivity index (χ1v) is 7.24. The summed E-state index contributed by atoms with van der Waals surface area (Å²) in [5.41, 5.74) is 6.39. The molecule has 5 nitrogen and oxygen atoms in total. The average molecular weight is 314 g/mol. The minimum Gasteiger partial charge on any atom is -0.325 e. The number of hydrogen-bond donors (Lipinski definition) is 2. The van der Waals surface area contributed by atoms with Crippen LogP contribution in [0.1, 0.15) is 39.5 Å². The SMILES string of the molecule is CCn1cc(NC(=O)C2CCCCC2(C)N)ccc1=O.Cl. The Morgan fingerprint density at radius 1 is 1.48 bits per heavy atom. The van der Waals surface area contributed by atoms with Crippen LogP contribution in [-0.4, -0.2) is 16.0 Å². The van der Waals surface area contributed by atoms with Crippen molar-refractivity contribution in [3.63, 3.8) is 0 Å². The van der Waals surface area contributed by atoms with Crippen LogP contribution in [-0.2, 0) is 11.3 Å². The number of aromatic nitrogens is 1. The monoisotopic (exact) mass is 313 g/mol. The van der Waals surface area contributed by atoms with E-state index in [0.717, 1.165) is 25.7 Å². The number of carbonyl (C=O) groups is 1. The van der Waals surface area contributed by atoms with E-state index in [1.807, 2.05) is 13.8 Å². The Bertz CT molecular complexity index is 554. The molecule has 0 spiro atoms. The van der Waals surface area contributed by atoms with Crippen molar-refractivity contribution in [2.24, 2.45) is 11.7 Å². The molecule has 6 heteroatoms. The van der Waals surface area contributed by atoms with Gasteiger partial charge in [0.05, 0.1) is 11.6 Å². The molecule has 0 aromatic carbocycles. The lowest BCUT2D eigenvalue weighted by Gasteiger charge is -2.37. The summed E-state index contributed by atoms with van der Waals surface area (Å²) < 4.78 is 1.57. The minimum atomic E-state index is -0.443. The number of carbonyl (C=O) groups excluding carboxylic acids is 1. The normalized spacial score (nSPS) is 25.0. The number of amides is 1. The molecule has 2 unspecified atom stereocenters. The highest BCUT2D eigenvalue weighted by Gasteiger charge is 2.37. The second kappa shape index (κ2) is 7.09. The molecule has 0 bridgehead atoms. The molecule has 1 aliphatic carbocycles. The molecule has 1 aromatic rings. The summed E-state index contributed by atoms with van der Waals surface area (Å²) in [5.74, 6) is -0.214. The van der Waals surface area contributed by atoms with Crippen molar-refractivity contribution in [3.8, 4) is 0 Å². The summed E-state index contributed by atoms with van der Waals surface area (Å²) in [4.78, 5) is 23.9. The fourth-order valence-corrected chi connectivity index (χ4v) is 2.87. The van der Waals surface area contributed by atoms with Gasteiger partial charge in [0.15, 0.2) is 0 Å². The Morgan fingerprint density at radius 3 is 2.81 bits per heavy atom. The molecule has 0 saturated heterocycles. The third-order valence-corrected chi connectivity index (χ3v) is 4.16. The molecule has 1 saturated carbocycles. The van der Waals surface area contributed by atoms with Gasteiger partial charge >= 0.3 is 0 Å². The Labute approximate surface area is 131 Å². The highest BCUT2D eigenvalue weighted by atomic mass is 35.5. The van der Waals surface area contributed by atoms with E-state index >= 15 is 0 Å². The van der Waals surface area contributed by atoms with Gasteiger partial charge in [-0.1, -0.05) is 12.8 Å². The van der Waals surface area contributed by atoms with Crippen LogP contribution in [0.3, 0.4) is 0 Å². The number of nitrogens with one attached hydrogen (secondary N) is 1. The zero-order chi connectivity index (χ0) is 14.8. The van der Waals surface area contributed by atoms with Gasteiger partial charge in [-0.05, 0) is 32.8 Å². The first kappa shape index (κ1) is 17.7. The van der Waals surface area contributed by atoms with Gasteiger partial charge in [-0.15, -0.1) is 12.4 Å². The van der Waals surface area contributed by atoms with Gasteiger partial charge in [-0.3, -0.25) is 9.59 Å². The number of pyridine rings is 1. The summed E-state index contributed by atoms with van der Waals surface area (Å²) in [6, 6.07) is 3.12. The first-order chi connectivity index (χ1) is 9.44. The molecular weight excluding hydrogens is 290 g/mol. The largest absolute Gasteiger partial charge is 0.325 e. The molecule has 1 aliphatic rings. The Morgan fingerprint density at radius 2 is 2.19 bits per heavy atom. The third-order valence-electron chi connectivity index (χ3n) is 4.16. The molecule has 118 valence electrons. The molecule has 1 amide bonds. The standard InChI is InChI=1S/C15H23N3O2.ClH/c1-3-18-10-11(7-8-13(18)19)17-14(20)12-6-4-5-9-15(12,2)16;/h7-8,10,12H,3-6,9,16H2,1-2H3,(H,17,20);1H. The van der Waals surface area contributed by atoms with Crippen molar-refractivity contribution in [2.45, 2.75) is 51.6 Å². The zero-order valence-corrected chi connectivity index (χ0v) is 13.4. The molecule has 2 atom stereocenters. The quantitative estimate of drug-likeness (QED) is 0.897. The van der Waals surface area contributed by atoms with Gasteiger partial charge < -0.3 is 15.6 Å². The van der Waals surface area contributed by atoms with Crippen molar-refractivity contribution in [2.75, 3.05) is 5.32 Å². The van der Waals surface area contributed by atoms with Crippen LogP contribution in [0, 0.1) is 5.92 Å². The number of nitrogens with zero attached hydrogens (tertiary/aromatic N) is 1. The second-order valence-electron chi connectivity index (χ2n) is 5.84. The maximum Gasteiger partial charge on any atom is 0.250 e. The van der Waals surface area contributed by atoms with Gasteiger partial charge in [-0.2, -0.15) is 0 Å². The zero-order valence-electron chi connectivity index (χ0n) is 12.6. The molecular formula is C15H24ClN3O2. The van der Waals surface area contributed by atoms with Crippen LogP contribution < -0.4 is 16.6 Å². The van der Waals surface area contributed by atoms with E-state index in [1.165, 1.54) is 6.07 Å². The highest BCUT2D eigenvalue weighted by Crippen LogP contribution is 2.32.